The van der Waals surface area contributed by atoms with Gasteiger partial charge in [0, 0.05) is 25.1 Å². The predicted molar refractivity (Wildman–Crippen MR) is 43.5 cm³/mol. The molecule has 0 aromatic rings. The van der Waals surface area contributed by atoms with Crippen LogP contribution in [-0.2, 0) is 9.59 Å². The number of nitrogens with two attached hydrogens (primary N) is 1. The first kappa shape index (κ1) is 10.6. The number of carbonyl (C=O) groups is 2. The van der Waals surface area contributed by atoms with Crippen molar-refractivity contribution >= 4 is 11.9 Å². The first-order valence-electron chi connectivity index (χ1n) is 3.44. The van der Waals surface area contributed by atoms with Crippen LogP contribution in [0.1, 0.15) is 6.42 Å². The van der Waals surface area contributed by atoms with E-state index in [1.54, 1.807) is 0 Å². The number of aliphatic carboxylic acids is 1. The van der Waals surface area contributed by atoms with Crippen LogP contribution >= 0.6 is 0 Å². The molecule has 0 aliphatic rings. The summed E-state index contributed by atoms with van der Waals surface area (Å²) in [5.41, 5.74) is 4.92. The molecule has 0 rings (SSSR count). The number of hydrogen-bond acceptors (Lipinski definition) is 3. The Morgan fingerprint density at radius 3 is 2.50 bits per heavy atom. The molecule has 68 valence electrons. The topological polar surface area (TPSA) is 92.4 Å². The van der Waals surface area contributed by atoms with Gasteiger partial charge in [-0.15, -0.1) is 0 Å². The van der Waals surface area contributed by atoms with Gasteiger partial charge in [-0.25, -0.2) is 4.79 Å². The van der Waals surface area contributed by atoms with Crippen LogP contribution in [0.4, 0.5) is 0 Å². The molecule has 5 heteroatoms. The van der Waals surface area contributed by atoms with Gasteiger partial charge in [0.05, 0.1) is 0 Å². The molecule has 1 amide bonds. The molecule has 0 radical (unpaired) electrons. The number of carboxylic acid groups (broad SMARTS) is 1. The predicted octanol–water partition coefficient (Wildman–Crippen LogP) is -0.908. The highest BCUT2D eigenvalue weighted by molar-refractivity contribution is 5.86. The number of rotatable bonds is 6. The third-order valence-corrected chi connectivity index (χ3v) is 1.19. The minimum atomic E-state index is -1.04. The Balaban J connectivity index is 3.38. The number of nitrogens with one attached hydrogen (secondary N) is 1. The lowest BCUT2D eigenvalue weighted by Crippen LogP contribution is -2.25. The van der Waals surface area contributed by atoms with E-state index in [9.17, 15) is 9.59 Å². The van der Waals surface area contributed by atoms with Gasteiger partial charge in [0.1, 0.15) is 0 Å². The monoisotopic (exact) mass is 172 g/mol. The van der Waals surface area contributed by atoms with E-state index in [1.807, 2.05) is 0 Å². The molecule has 0 bridgehead atoms. The van der Waals surface area contributed by atoms with E-state index in [0.717, 1.165) is 0 Å². The van der Waals surface area contributed by atoms with Gasteiger partial charge in [0.2, 0.25) is 5.91 Å². The molecule has 0 aliphatic carbocycles. The van der Waals surface area contributed by atoms with E-state index in [-0.39, 0.29) is 18.5 Å². The lowest BCUT2D eigenvalue weighted by molar-refractivity contribution is -0.132. The molecule has 0 unspecified atom stereocenters. The smallest absolute Gasteiger partial charge is 0.332 e. The zero-order chi connectivity index (χ0) is 9.56. The van der Waals surface area contributed by atoms with Crippen LogP contribution < -0.4 is 11.1 Å². The Labute approximate surface area is 70.2 Å². The molecule has 4 N–H and O–H groups in total. The van der Waals surface area contributed by atoms with E-state index in [2.05, 4.69) is 11.9 Å². The highest BCUT2D eigenvalue weighted by Gasteiger charge is 2.02. The Morgan fingerprint density at radius 1 is 1.50 bits per heavy atom. The zero-order valence-corrected chi connectivity index (χ0v) is 6.67. The Bertz CT molecular complexity index is 201. The summed E-state index contributed by atoms with van der Waals surface area (Å²) >= 11 is 0. The van der Waals surface area contributed by atoms with E-state index < -0.39 is 11.9 Å². The summed E-state index contributed by atoms with van der Waals surface area (Å²) in [5, 5.41) is 11.1. The molecule has 0 atom stereocenters. The molecule has 0 aliphatic heterocycles. The molecule has 12 heavy (non-hydrogen) atoms. The highest BCUT2D eigenvalue weighted by atomic mass is 16.4. The van der Waals surface area contributed by atoms with Gasteiger partial charge in [-0.1, -0.05) is 6.58 Å². The third kappa shape index (κ3) is 5.43. The number of primary amides is 1. The molecular formula is C7H12N2O3. The van der Waals surface area contributed by atoms with Gasteiger partial charge in [-0.05, 0) is 0 Å². The van der Waals surface area contributed by atoms with Crippen LogP contribution in [-0.4, -0.2) is 30.1 Å². The number of hydrogen-bond donors (Lipinski definition) is 3. The summed E-state index contributed by atoms with van der Waals surface area (Å²) in [4.78, 5) is 20.4. The first-order valence-corrected chi connectivity index (χ1v) is 3.44. The van der Waals surface area contributed by atoms with Crippen molar-refractivity contribution in [1.29, 1.82) is 0 Å². The average Bonchev–Trinajstić information content (AvgIpc) is 1.97. The van der Waals surface area contributed by atoms with E-state index in [1.165, 1.54) is 0 Å². The van der Waals surface area contributed by atoms with Crippen molar-refractivity contribution in [2.45, 2.75) is 6.42 Å². The second kappa shape index (κ2) is 5.31. The summed E-state index contributed by atoms with van der Waals surface area (Å²) in [6.07, 6.45) is 0.201. The summed E-state index contributed by atoms with van der Waals surface area (Å²) < 4.78 is 0. The van der Waals surface area contributed by atoms with Crippen LogP contribution in [0, 0.1) is 0 Å². The maximum atomic E-state index is 10.2. The normalized spacial score (nSPS) is 9.33. The average molecular weight is 172 g/mol. The second-order valence-electron chi connectivity index (χ2n) is 2.30. The van der Waals surface area contributed by atoms with Gasteiger partial charge in [0.15, 0.2) is 0 Å². The largest absolute Gasteiger partial charge is 0.478 e. The summed E-state index contributed by atoms with van der Waals surface area (Å²) in [6, 6.07) is 0. The van der Waals surface area contributed by atoms with Crippen molar-refractivity contribution < 1.29 is 14.7 Å². The molecule has 0 fully saturated rings. The molecule has 0 aromatic heterocycles. The number of amides is 1. The summed E-state index contributed by atoms with van der Waals surface area (Å²) in [7, 11) is 0. The van der Waals surface area contributed by atoms with Crippen molar-refractivity contribution in [3.05, 3.63) is 12.2 Å². The van der Waals surface area contributed by atoms with Gasteiger partial charge in [0.25, 0.3) is 0 Å². The van der Waals surface area contributed by atoms with Crippen LogP contribution in [0.15, 0.2) is 12.2 Å². The van der Waals surface area contributed by atoms with E-state index in [4.69, 9.17) is 10.8 Å². The van der Waals surface area contributed by atoms with Crippen molar-refractivity contribution in [2.75, 3.05) is 13.1 Å². The minimum absolute atomic E-state index is 0.0690. The number of carbonyl (C=O) groups excluding carboxylic acids is 1. The van der Waals surface area contributed by atoms with Crippen molar-refractivity contribution in [3.8, 4) is 0 Å². The molecule has 0 spiro atoms. The van der Waals surface area contributed by atoms with Crippen molar-refractivity contribution in [3.63, 3.8) is 0 Å². The van der Waals surface area contributed by atoms with Crippen LogP contribution in [0.25, 0.3) is 0 Å². The molecule has 5 nitrogen and oxygen atoms in total. The van der Waals surface area contributed by atoms with Crippen molar-refractivity contribution in [2.24, 2.45) is 5.73 Å². The number of carboxylic acids is 1. The first-order chi connectivity index (χ1) is 5.54. The Hall–Kier alpha value is -1.36. The molecule has 0 saturated carbocycles. The SMILES string of the molecule is C=C(CNCCC(N)=O)C(=O)O. The third-order valence-electron chi connectivity index (χ3n) is 1.19. The zero-order valence-electron chi connectivity index (χ0n) is 6.67. The second-order valence-corrected chi connectivity index (χ2v) is 2.30. The summed E-state index contributed by atoms with van der Waals surface area (Å²) in [5.74, 6) is -1.45. The van der Waals surface area contributed by atoms with Crippen LogP contribution in [0.2, 0.25) is 0 Å². The van der Waals surface area contributed by atoms with E-state index >= 15 is 0 Å². The minimum Gasteiger partial charge on any atom is -0.478 e. The highest BCUT2D eigenvalue weighted by Crippen LogP contribution is 1.86. The van der Waals surface area contributed by atoms with Crippen molar-refractivity contribution in [1.82, 2.24) is 5.32 Å². The van der Waals surface area contributed by atoms with Gasteiger partial charge in [-0.3, -0.25) is 4.79 Å². The summed E-state index contributed by atoms with van der Waals surface area (Å²) in [6.45, 7) is 3.84. The molecule has 0 aromatic carbocycles. The van der Waals surface area contributed by atoms with E-state index in [0.29, 0.717) is 6.54 Å². The lowest BCUT2D eigenvalue weighted by Gasteiger charge is -2.01. The molecule has 0 saturated heterocycles. The van der Waals surface area contributed by atoms with Gasteiger partial charge in [-0.2, -0.15) is 0 Å². The molecule has 0 heterocycles. The van der Waals surface area contributed by atoms with Gasteiger partial charge < -0.3 is 16.2 Å². The maximum Gasteiger partial charge on any atom is 0.332 e. The van der Waals surface area contributed by atoms with Crippen LogP contribution in [0.3, 0.4) is 0 Å². The standard InChI is InChI=1S/C7H12N2O3/c1-5(7(11)12)4-9-3-2-6(8)10/h9H,1-4H2,(H2,8,10)(H,11,12). The van der Waals surface area contributed by atoms with Crippen LogP contribution in [0.5, 0.6) is 0 Å². The fourth-order valence-corrected chi connectivity index (χ4v) is 0.526. The lowest BCUT2D eigenvalue weighted by atomic mass is 10.3. The quantitative estimate of drug-likeness (QED) is 0.357. The fraction of sp³-hybridized carbons (Fsp3) is 0.429. The molecular weight excluding hydrogens is 160 g/mol. The Morgan fingerprint density at radius 2 is 2.08 bits per heavy atom. The van der Waals surface area contributed by atoms with Gasteiger partial charge >= 0.3 is 5.97 Å². The Kier molecular flexibility index (Phi) is 4.71. The maximum absolute atomic E-state index is 10.2. The fourth-order valence-electron chi connectivity index (χ4n) is 0.526.